The lowest BCUT2D eigenvalue weighted by Crippen LogP contribution is -2.45. The molecule has 1 aliphatic heterocycles. The molecule has 1 aromatic heterocycles. The van der Waals surface area contributed by atoms with E-state index in [2.05, 4.69) is 15.6 Å². The van der Waals surface area contributed by atoms with Gasteiger partial charge in [-0.3, -0.25) is 4.79 Å². The third-order valence-corrected chi connectivity index (χ3v) is 2.94. The van der Waals surface area contributed by atoms with Crippen LogP contribution in [0.1, 0.15) is 19.9 Å². The maximum absolute atomic E-state index is 12.1. The van der Waals surface area contributed by atoms with Crippen LogP contribution in [0.15, 0.2) is 17.2 Å². The standard InChI is InChI=1S/C12H20N4O2/c1-9(2)16-5-3-14-11(12(16)17)15-7-10-8-18-6-4-13-10/h3,5,9-10,13H,4,6-8H2,1-2H3,(H,14,15). The summed E-state index contributed by atoms with van der Waals surface area (Å²) in [6.07, 6.45) is 3.36. The van der Waals surface area contributed by atoms with Gasteiger partial charge in [-0.2, -0.15) is 0 Å². The van der Waals surface area contributed by atoms with Crippen LogP contribution in [0.25, 0.3) is 0 Å². The van der Waals surface area contributed by atoms with Crippen LogP contribution >= 0.6 is 0 Å². The third-order valence-electron chi connectivity index (χ3n) is 2.94. The van der Waals surface area contributed by atoms with Gasteiger partial charge in [0.25, 0.3) is 5.56 Å². The summed E-state index contributed by atoms with van der Waals surface area (Å²) >= 11 is 0. The van der Waals surface area contributed by atoms with Crippen LogP contribution in [0.4, 0.5) is 5.82 Å². The second kappa shape index (κ2) is 5.97. The number of hydrogen-bond acceptors (Lipinski definition) is 5. The highest BCUT2D eigenvalue weighted by molar-refractivity contribution is 5.31. The minimum atomic E-state index is -0.0794. The van der Waals surface area contributed by atoms with Gasteiger partial charge in [0.1, 0.15) is 0 Å². The Morgan fingerprint density at radius 3 is 3.17 bits per heavy atom. The van der Waals surface area contributed by atoms with E-state index in [1.54, 1.807) is 17.0 Å². The van der Waals surface area contributed by atoms with E-state index < -0.39 is 0 Å². The molecule has 0 amide bonds. The molecule has 1 aromatic rings. The Bertz CT molecular complexity index is 438. The molecule has 1 saturated heterocycles. The van der Waals surface area contributed by atoms with Crippen molar-refractivity contribution in [1.82, 2.24) is 14.9 Å². The van der Waals surface area contributed by atoms with E-state index in [0.717, 1.165) is 13.2 Å². The first kappa shape index (κ1) is 13.0. The molecular formula is C12H20N4O2. The topological polar surface area (TPSA) is 68.2 Å². The van der Waals surface area contributed by atoms with Crippen LogP contribution in [0, 0.1) is 0 Å². The van der Waals surface area contributed by atoms with Crippen LogP contribution in [0.3, 0.4) is 0 Å². The Morgan fingerprint density at radius 1 is 1.67 bits per heavy atom. The van der Waals surface area contributed by atoms with Crippen molar-refractivity contribution in [2.75, 3.05) is 31.6 Å². The molecule has 1 unspecified atom stereocenters. The second-order valence-corrected chi connectivity index (χ2v) is 4.69. The zero-order valence-electron chi connectivity index (χ0n) is 10.8. The fraction of sp³-hybridized carbons (Fsp3) is 0.667. The van der Waals surface area contributed by atoms with E-state index >= 15 is 0 Å². The van der Waals surface area contributed by atoms with Crippen LogP contribution in [-0.2, 0) is 4.74 Å². The summed E-state index contributed by atoms with van der Waals surface area (Å²) < 4.78 is 7.02. The van der Waals surface area contributed by atoms with E-state index in [1.165, 1.54) is 0 Å². The van der Waals surface area contributed by atoms with Crippen molar-refractivity contribution in [3.8, 4) is 0 Å². The number of hydrogen-bond donors (Lipinski definition) is 2. The summed E-state index contributed by atoms with van der Waals surface area (Å²) in [5.74, 6) is 0.401. The highest BCUT2D eigenvalue weighted by Crippen LogP contribution is 2.02. The van der Waals surface area contributed by atoms with Crippen molar-refractivity contribution in [3.63, 3.8) is 0 Å². The van der Waals surface area contributed by atoms with Gasteiger partial charge in [-0.05, 0) is 13.8 Å². The van der Waals surface area contributed by atoms with Gasteiger partial charge in [-0.1, -0.05) is 0 Å². The maximum atomic E-state index is 12.1. The van der Waals surface area contributed by atoms with Crippen molar-refractivity contribution in [3.05, 3.63) is 22.7 Å². The first-order valence-corrected chi connectivity index (χ1v) is 6.30. The monoisotopic (exact) mass is 252 g/mol. The fourth-order valence-corrected chi connectivity index (χ4v) is 1.92. The summed E-state index contributed by atoms with van der Waals surface area (Å²) in [7, 11) is 0. The lowest BCUT2D eigenvalue weighted by Gasteiger charge is -2.24. The molecule has 18 heavy (non-hydrogen) atoms. The van der Waals surface area contributed by atoms with Crippen LogP contribution in [0.5, 0.6) is 0 Å². The first-order valence-electron chi connectivity index (χ1n) is 6.30. The van der Waals surface area contributed by atoms with Gasteiger partial charge in [-0.25, -0.2) is 4.98 Å². The average Bonchev–Trinajstić information content (AvgIpc) is 2.38. The summed E-state index contributed by atoms with van der Waals surface area (Å²) in [5, 5.41) is 6.41. The number of morpholine rings is 1. The highest BCUT2D eigenvalue weighted by Gasteiger charge is 2.14. The van der Waals surface area contributed by atoms with Gasteiger partial charge in [0, 0.05) is 37.6 Å². The normalized spacial score (nSPS) is 20.1. The Hall–Kier alpha value is -1.40. The molecule has 0 aliphatic carbocycles. The second-order valence-electron chi connectivity index (χ2n) is 4.69. The lowest BCUT2D eigenvalue weighted by atomic mass is 10.3. The molecule has 0 aromatic carbocycles. The predicted octanol–water partition coefficient (Wildman–Crippen LogP) is 0.225. The Morgan fingerprint density at radius 2 is 2.50 bits per heavy atom. The molecule has 100 valence electrons. The quantitative estimate of drug-likeness (QED) is 0.802. The van der Waals surface area contributed by atoms with Gasteiger partial charge >= 0.3 is 0 Å². The number of anilines is 1. The smallest absolute Gasteiger partial charge is 0.293 e. The number of nitrogens with zero attached hydrogens (tertiary/aromatic N) is 2. The predicted molar refractivity (Wildman–Crippen MR) is 70.0 cm³/mol. The number of ether oxygens (including phenoxy) is 1. The van der Waals surface area contributed by atoms with Crippen molar-refractivity contribution < 1.29 is 4.74 Å². The van der Waals surface area contributed by atoms with E-state index in [1.807, 2.05) is 13.8 Å². The Kier molecular flexibility index (Phi) is 4.33. The van der Waals surface area contributed by atoms with Gasteiger partial charge < -0.3 is 19.9 Å². The average molecular weight is 252 g/mol. The van der Waals surface area contributed by atoms with Gasteiger partial charge in [0.15, 0.2) is 5.82 Å². The zero-order valence-corrected chi connectivity index (χ0v) is 10.8. The zero-order chi connectivity index (χ0) is 13.0. The van der Waals surface area contributed by atoms with Gasteiger partial charge in [0.05, 0.1) is 13.2 Å². The molecule has 2 N–H and O–H groups in total. The van der Waals surface area contributed by atoms with Crippen molar-refractivity contribution in [1.29, 1.82) is 0 Å². The van der Waals surface area contributed by atoms with Crippen molar-refractivity contribution in [2.24, 2.45) is 0 Å². The number of nitrogens with one attached hydrogen (secondary N) is 2. The largest absolute Gasteiger partial charge is 0.378 e. The van der Waals surface area contributed by atoms with E-state index in [-0.39, 0.29) is 17.6 Å². The molecule has 0 radical (unpaired) electrons. The molecule has 1 atom stereocenters. The fourth-order valence-electron chi connectivity index (χ4n) is 1.92. The minimum Gasteiger partial charge on any atom is -0.378 e. The van der Waals surface area contributed by atoms with Crippen LogP contribution in [-0.4, -0.2) is 41.9 Å². The Balaban J connectivity index is 2.00. The lowest BCUT2D eigenvalue weighted by molar-refractivity contribution is 0.0806. The Labute approximate surface area is 106 Å². The SMILES string of the molecule is CC(C)n1ccnc(NCC2COCCN2)c1=O. The molecule has 0 bridgehead atoms. The van der Waals surface area contributed by atoms with E-state index in [9.17, 15) is 4.79 Å². The first-order chi connectivity index (χ1) is 8.68. The molecule has 1 fully saturated rings. The molecule has 2 heterocycles. The summed E-state index contributed by atoms with van der Waals surface area (Å²) in [6, 6.07) is 0.366. The summed E-state index contributed by atoms with van der Waals surface area (Å²) in [5.41, 5.74) is -0.0794. The van der Waals surface area contributed by atoms with Gasteiger partial charge in [0.2, 0.25) is 0 Å². The number of aromatic nitrogens is 2. The van der Waals surface area contributed by atoms with Crippen molar-refractivity contribution in [2.45, 2.75) is 25.9 Å². The summed E-state index contributed by atoms with van der Waals surface area (Å²) in [6.45, 7) is 6.86. The van der Waals surface area contributed by atoms with Crippen LogP contribution in [0.2, 0.25) is 0 Å². The van der Waals surface area contributed by atoms with Gasteiger partial charge in [-0.15, -0.1) is 0 Å². The molecule has 6 nitrogen and oxygen atoms in total. The highest BCUT2D eigenvalue weighted by atomic mass is 16.5. The van der Waals surface area contributed by atoms with E-state index in [0.29, 0.717) is 19.0 Å². The van der Waals surface area contributed by atoms with Crippen molar-refractivity contribution >= 4 is 5.82 Å². The molecule has 0 spiro atoms. The molecule has 1 aliphatic rings. The molecule has 6 heteroatoms. The van der Waals surface area contributed by atoms with E-state index in [4.69, 9.17) is 4.74 Å². The molecule has 2 rings (SSSR count). The third kappa shape index (κ3) is 3.08. The molecule has 0 saturated carbocycles. The van der Waals surface area contributed by atoms with Crippen LogP contribution < -0.4 is 16.2 Å². The molecular weight excluding hydrogens is 232 g/mol. The summed E-state index contributed by atoms with van der Waals surface area (Å²) in [4.78, 5) is 16.2. The maximum Gasteiger partial charge on any atom is 0.293 e. The number of rotatable bonds is 4. The minimum absolute atomic E-state index is 0.0794.